The average molecular weight is 248 g/mol. The first-order valence-corrected chi connectivity index (χ1v) is 6.23. The second kappa shape index (κ2) is 6.70. The van der Waals surface area contributed by atoms with Crippen LogP contribution in [0.5, 0.6) is 0 Å². The van der Waals surface area contributed by atoms with Crippen LogP contribution < -0.4 is 11.1 Å². The quantitative estimate of drug-likeness (QED) is 0.667. The zero-order valence-electron chi connectivity index (χ0n) is 10.9. The summed E-state index contributed by atoms with van der Waals surface area (Å²) in [4.78, 5) is 12.0. The van der Waals surface area contributed by atoms with E-state index in [1.807, 2.05) is 13.8 Å². The molecule has 0 aliphatic rings. The van der Waals surface area contributed by atoms with Gasteiger partial charge in [0.05, 0.1) is 17.4 Å². The van der Waals surface area contributed by atoms with Crippen molar-refractivity contribution in [3.8, 4) is 12.3 Å². The van der Waals surface area contributed by atoms with Crippen LogP contribution in [0.15, 0.2) is 0 Å². The number of amides is 1. The minimum Gasteiger partial charge on any atom is -0.395 e. The van der Waals surface area contributed by atoms with E-state index in [1.54, 1.807) is 0 Å². The van der Waals surface area contributed by atoms with Crippen molar-refractivity contribution in [3.63, 3.8) is 0 Å². The van der Waals surface area contributed by atoms with Crippen molar-refractivity contribution >= 4 is 11.6 Å². The fourth-order valence-corrected chi connectivity index (χ4v) is 1.71. The molecular weight excluding hydrogens is 228 g/mol. The highest BCUT2D eigenvalue weighted by Gasteiger charge is 2.18. The van der Waals surface area contributed by atoms with Gasteiger partial charge in [0.2, 0.25) is 0 Å². The molecule has 1 heterocycles. The molecule has 0 aliphatic heterocycles. The molecule has 0 spiro atoms. The van der Waals surface area contributed by atoms with Crippen LogP contribution in [-0.4, -0.2) is 22.1 Å². The van der Waals surface area contributed by atoms with Gasteiger partial charge in [0, 0.05) is 0 Å². The molecule has 1 aromatic rings. The largest absolute Gasteiger partial charge is 0.395 e. The maximum atomic E-state index is 12.0. The van der Waals surface area contributed by atoms with E-state index in [9.17, 15) is 4.79 Å². The van der Waals surface area contributed by atoms with E-state index in [4.69, 9.17) is 12.2 Å². The number of aromatic amines is 1. The highest BCUT2D eigenvalue weighted by molar-refractivity contribution is 5.97. The first kappa shape index (κ1) is 14.1. The first-order valence-electron chi connectivity index (χ1n) is 6.23. The fraction of sp³-hybridized carbons (Fsp3) is 0.538. The maximum absolute atomic E-state index is 12.0. The Morgan fingerprint density at radius 2 is 2.28 bits per heavy atom. The predicted molar refractivity (Wildman–Crippen MR) is 72.0 cm³/mol. The van der Waals surface area contributed by atoms with E-state index in [0.29, 0.717) is 5.69 Å². The fourth-order valence-electron chi connectivity index (χ4n) is 1.71. The van der Waals surface area contributed by atoms with Gasteiger partial charge in [0.25, 0.3) is 5.91 Å². The van der Waals surface area contributed by atoms with Crippen LogP contribution in [0.4, 0.5) is 5.69 Å². The number of aryl methyl sites for hydroxylation is 1. The Kier molecular flexibility index (Phi) is 5.25. The smallest absolute Gasteiger partial charge is 0.274 e. The van der Waals surface area contributed by atoms with Gasteiger partial charge < -0.3 is 11.1 Å². The van der Waals surface area contributed by atoms with Gasteiger partial charge in [0.1, 0.15) is 0 Å². The maximum Gasteiger partial charge on any atom is 0.274 e. The number of carbonyl (C=O) groups excluding carboxylic acids is 1. The Morgan fingerprint density at radius 3 is 2.83 bits per heavy atom. The van der Waals surface area contributed by atoms with Crippen LogP contribution in [-0.2, 0) is 6.42 Å². The second-order valence-corrected chi connectivity index (χ2v) is 4.20. The topological polar surface area (TPSA) is 83.8 Å². The number of carbonyl (C=O) groups is 1. The summed E-state index contributed by atoms with van der Waals surface area (Å²) in [6, 6.07) is -0.270. The lowest BCUT2D eigenvalue weighted by Gasteiger charge is -2.10. The third-order valence-electron chi connectivity index (χ3n) is 2.68. The molecule has 18 heavy (non-hydrogen) atoms. The molecule has 0 aliphatic carbocycles. The molecule has 5 heteroatoms. The van der Waals surface area contributed by atoms with Gasteiger partial charge in [-0.2, -0.15) is 5.10 Å². The van der Waals surface area contributed by atoms with E-state index in [-0.39, 0.29) is 17.6 Å². The van der Waals surface area contributed by atoms with Crippen LogP contribution in [0.2, 0.25) is 0 Å². The third kappa shape index (κ3) is 3.27. The van der Waals surface area contributed by atoms with Crippen molar-refractivity contribution in [1.82, 2.24) is 15.5 Å². The van der Waals surface area contributed by atoms with E-state index >= 15 is 0 Å². The summed E-state index contributed by atoms with van der Waals surface area (Å²) in [5, 5.41) is 9.49. The molecule has 0 saturated heterocycles. The summed E-state index contributed by atoms with van der Waals surface area (Å²) in [5.41, 5.74) is 7.33. The summed E-state index contributed by atoms with van der Waals surface area (Å²) in [7, 11) is 0. The summed E-state index contributed by atoms with van der Waals surface area (Å²) in [6.45, 7) is 4.05. The number of terminal acetylenes is 1. The van der Waals surface area contributed by atoms with Crippen LogP contribution in [0.1, 0.15) is 49.3 Å². The lowest BCUT2D eigenvalue weighted by molar-refractivity contribution is 0.0940. The van der Waals surface area contributed by atoms with Crippen molar-refractivity contribution in [1.29, 1.82) is 0 Å². The molecule has 4 N–H and O–H groups in total. The number of hydrogen-bond acceptors (Lipinski definition) is 3. The van der Waals surface area contributed by atoms with Crippen molar-refractivity contribution < 1.29 is 4.79 Å². The van der Waals surface area contributed by atoms with Gasteiger partial charge in [-0.25, -0.2) is 0 Å². The number of nitrogens with one attached hydrogen (secondary N) is 2. The van der Waals surface area contributed by atoms with Crippen LogP contribution >= 0.6 is 0 Å². The number of nitrogens with two attached hydrogens (primary N) is 1. The highest BCUT2D eigenvalue weighted by atomic mass is 16.2. The molecule has 1 aromatic heterocycles. The van der Waals surface area contributed by atoms with E-state index in [2.05, 4.69) is 21.4 Å². The lowest BCUT2D eigenvalue weighted by Crippen LogP contribution is -2.34. The summed E-state index contributed by atoms with van der Waals surface area (Å²) in [6.07, 6.45) is 8.72. The normalized spacial score (nSPS) is 11.8. The Balaban J connectivity index is 2.75. The van der Waals surface area contributed by atoms with Crippen molar-refractivity contribution in [2.75, 3.05) is 5.73 Å². The number of H-pyrrole nitrogens is 1. The molecule has 5 nitrogen and oxygen atoms in total. The molecule has 1 unspecified atom stereocenters. The molecule has 1 amide bonds. The summed E-state index contributed by atoms with van der Waals surface area (Å²) in [5.74, 6) is 2.23. The van der Waals surface area contributed by atoms with Gasteiger partial charge >= 0.3 is 0 Å². The standard InChI is InChI=1S/C13H20N4O/c1-4-7-9(6-3)15-13(18)12-11(14)10(8-5-2)16-17-12/h3,9H,4-5,7-8,14H2,1-2H3,(H,15,18)(H,16,17). The van der Waals surface area contributed by atoms with Crippen LogP contribution in [0.3, 0.4) is 0 Å². The monoisotopic (exact) mass is 248 g/mol. The zero-order chi connectivity index (χ0) is 13.5. The summed E-state index contributed by atoms with van der Waals surface area (Å²) < 4.78 is 0. The van der Waals surface area contributed by atoms with Gasteiger partial charge in [-0.15, -0.1) is 6.42 Å². The van der Waals surface area contributed by atoms with E-state index < -0.39 is 0 Å². The van der Waals surface area contributed by atoms with Crippen molar-refractivity contribution in [3.05, 3.63) is 11.4 Å². The molecule has 1 rings (SSSR count). The Hall–Kier alpha value is -1.96. The Bertz CT molecular complexity index is 444. The predicted octanol–water partition coefficient (Wildman–Crippen LogP) is 1.48. The molecular formula is C13H20N4O. The minimum absolute atomic E-state index is 0.231. The zero-order valence-corrected chi connectivity index (χ0v) is 10.9. The highest BCUT2D eigenvalue weighted by Crippen LogP contribution is 2.15. The Morgan fingerprint density at radius 1 is 1.56 bits per heavy atom. The molecule has 0 bridgehead atoms. The molecule has 0 fully saturated rings. The molecule has 1 atom stereocenters. The van der Waals surface area contributed by atoms with Crippen LogP contribution in [0.25, 0.3) is 0 Å². The van der Waals surface area contributed by atoms with Gasteiger partial charge in [-0.1, -0.05) is 32.6 Å². The third-order valence-corrected chi connectivity index (χ3v) is 2.68. The lowest BCUT2D eigenvalue weighted by atomic mass is 10.1. The number of anilines is 1. The van der Waals surface area contributed by atoms with Crippen molar-refractivity contribution in [2.45, 2.75) is 45.6 Å². The molecule has 98 valence electrons. The van der Waals surface area contributed by atoms with Crippen molar-refractivity contribution in [2.24, 2.45) is 0 Å². The number of rotatable bonds is 6. The van der Waals surface area contributed by atoms with Gasteiger partial charge in [0.15, 0.2) is 5.69 Å². The Labute approximate surface area is 108 Å². The van der Waals surface area contributed by atoms with E-state index in [0.717, 1.165) is 31.4 Å². The molecule has 0 aromatic carbocycles. The first-order chi connectivity index (χ1) is 8.63. The SMILES string of the molecule is C#CC(CCC)NC(=O)c1n[nH]c(CCC)c1N. The summed E-state index contributed by atoms with van der Waals surface area (Å²) >= 11 is 0. The average Bonchev–Trinajstić information content (AvgIpc) is 2.71. The van der Waals surface area contributed by atoms with Gasteiger partial charge in [-0.05, 0) is 12.8 Å². The molecule has 0 radical (unpaired) electrons. The number of nitrogens with zero attached hydrogens (tertiary/aromatic N) is 1. The second-order valence-electron chi connectivity index (χ2n) is 4.20. The van der Waals surface area contributed by atoms with E-state index in [1.165, 1.54) is 0 Å². The number of nitrogen functional groups attached to an aromatic ring is 1. The van der Waals surface area contributed by atoms with Gasteiger partial charge in [-0.3, -0.25) is 9.89 Å². The minimum atomic E-state index is -0.317. The van der Waals surface area contributed by atoms with Crippen LogP contribution in [0, 0.1) is 12.3 Å². The number of hydrogen-bond donors (Lipinski definition) is 3. The number of aromatic nitrogens is 2. The molecule has 0 saturated carbocycles.